The Labute approximate surface area is 564 Å². The number of benzene rings is 7. The maximum atomic E-state index is 13.9. The lowest BCUT2D eigenvalue weighted by molar-refractivity contribution is -0.374. The lowest BCUT2D eigenvalue weighted by Gasteiger charge is -2.50. The number of ether oxygens (including phenoxy) is 15. The molecule has 7 aromatic rings. The number of esters is 3. The van der Waals surface area contributed by atoms with Crippen LogP contribution in [0.5, 0.6) is 0 Å². The molecule has 3 aliphatic heterocycles. The van der Waals surface area contributed by atoms with E-state index in [0.717, 1.165) is 33.4 Å². The van der Waals surface area contributed by atoms with Crippen LogP contribution in [0.2, 0.25) is 0 Å². The maximum Gasteiger partial charge on any atom is 0.303 e. The second kappa shape index (κ2) is 36.3. The summed E-state index contributed by atoms with van der Waals surface area (Å²) in [5.41, 5.74) is 5.68. The summed E-state index contributed by atoms with van der Waals surface area (Å²) in [6.45, 7) is 9.37. The van der Waals surface area contributed by atoms with Gasteiger partial charge >= 0.3 is 17.9 Å². The molecule has 19 nitrogen and oxygen atoms in total. The molecule has 0 radical (unpaired) electrons. The monoisotopic (exact) mass is 1330 g/mol. The van der Waals surface area contributed by atoms with Crippen molar-refractivity contribution >= 4 is 28.7 Å². The molecule has 3 saturated heterocycles. The lowest BCUT2D eigenvalue weighted by atomic mass is 9.95. The van der Waals surface area contributed by atoms with Crippen molar-refractivity contribution < 1.29 is 89.6 Å². The predicted molar refractivity (Wildman–Crippen MR) is 353 cm³/mol. The highest BCUT2D eigenvalue weighted by Crippen LogP contribution is 2.38. The molecule has 96 heavy (non-hydrogen) atoms. The van der Waals surface area contributed by atoms with E-state index in [0.29, 0.717) is 10.5 Å². The molecule has 0 spiro atoms. The number of rotatable bonds is 32. The molecule has 0 aromatic heterocycles. The predicted octanol–water partition coefficient (Wildman–Crippen LogP) is 11.3. The van der Waals surface area contributed by atoms with E-state index in [1.165, 1.54) is 20.8 Å². The van der Waals surface area contributed by atoms with Crippen molar-refractivity contribution in [2.45, 2.75) is 190 Å². The second-order valence-corrected chi connectivity index (χ2v) is 26.0. The molecule has 0 bridgehead atoms. The van der Waals surface area contributed by atoms with Crippen LogP contribution in [-0.4, -0.2) is 133 Å². The van der Waals surface area contributed by atoms with Gasteiger partial charge in [0, 0.05) is 30.9 Å². The zero-order valence-corrected chi connectivity index (χ0v) is 55.7. The molecule has 3 heterocycles. The van der Waals surface area contributed by atoms with E-state index < -0.39 is 127 Å². The molecule has 7 aromatic carbocycles. The molecule has 0 aliphatic carbocycles. The normalized spacial score (nSPS) is 26.1. The molecular weight excluding hydrogens is 1250 g/mol. The van der Waals surface area contributed by atoms with E-state index in [1.807, 2.05) is 209 Å². The average molecular weight is 1340 g/mol. The number of hydrogen-bond donors (Lipinski definition) is 0. The van der Waals surface area contributed by atoms with Gasteiger partial charge in [-0.3, -0.25) is 18.6 Å². The molecule has 0 amide bonds. The van der Waals surface area contributed by atoms with Crippen molar-refractivity contribution in [3.05, 3.63) is 245 Å². The number of carbonyl (C=O) groups excluding carboxylic acids is 3. The SMILES string of the molecule is CC(=O)OC1C(OCc2ccccc2)[C@H](OCc2ccccc2)C(COCc2ccccc2)O[C@H]1OCC1O[C@@H](OCc2ccccc2S(=O)C(C)C)C(OC(C)=O)C(OC2O[C@@H](C)C(OCc3ccccc3)C(OCc3ccccc3)[C@H]2OC(C)=O)[C@@H]1OCc1ccccc1. The lowest BCUT2D eigenvalue weighted by Crippen LogP contribution is -2.66. The minimum absolute atomic E-state index is 0.0224. The van der Waals surface area contributed by atoms with Crippen LogP contribution in [0.1, 0.15) is 80.5 Å². The largest absolute Gasteiger partial charge is 0.454 e. The molecule has 3 aliphatic rings. The van der Waals surface area contributed by atoms with Gasteiger partial charge in [0.05, 0.1) is 76.4 Å². The van der Waals surface area contributed by atoms with Gasteiger partial charge in [0.2, 0.25) is 0 Å². The third-order valence-electron chi connectivity index (χ3n) is 16.4. The van der Waals surface area contributed by atoms with Gasteiger partial charge in [-0.2, -0.15) is 0 Å². The fraction of sp³-hybridized carbons (Fsp3) is 0.408. The van der Waals surface area contributed by atoms with E-state index in [1.54, 1.807) is 18.2 Å². The summed E-state index contributed by atoms with van der Waals surface area (Å²) in [5.74, 6) is -2.07. The third kappa shape index (κ3) is 20.4. The fourth-order valence-corrected chi connectivity index (χ4v) is 12.9. The van der Waals surface area contributed by atoms with Gasteiger partial charge in [0.25, 0.3) is 0 Å². The zero-order valence-electron chi connectivity index (χ0n) is 54.9. The van der Waals surface area contributed by atoms with Crippen LogP contribution >= 0.6 is 0 Å². The summed E-state index contributed by atoms with van der Waals surface area (Å²) in [4.78, 5) is 41.4. The van der Waals surface area contributed by atoms with Crippen LogP contribution < -0.4 is 0 Å². The molecule has 10 rings (SSSR count). The average Bonchev–Trinajstić information content (AvgIpc) is 0.778. The van der Waals surface area contributed by atoms with Crippen molar-refractivity contribution in [3.63, 3.8) is 0 Å². The summed E-state index contributed by atoms with van der Waals surface area (Å²) >= 11 is 0. The van der Waals surface area contributed by atoms with Gasteiger partial charge < -0.3 is 71.1 Å². The van der Waals surface area contributed by atoms with E-state index in [2.05, 4.69) is 0 Å². The number of carbonyl (C=O) groups is 3. The molecule has 20 heteroatoms. The first-order valence-corrected chi connectivity index (χ1v) is 33.7. The van der Waals surface area contributed by atoms with Crippen LogP contribution in [0.4, 0.5) is 0 Å². The minimum atomic E-state index is -1.50. The first-order valence-electron chi connectivity index (χ1n) is 32.5. The van der Waals surface area contributed by atoms with Gasteiger partial charge in [0.1, 0.15) is 48.8 Å². The van der Waals surface area contributed by atoms with Crippen molar-refractivity contribution in [1.29, 1.82) is 0 Å². The summed E-state index contributed by atoms with van der Waals surface area (Å²) in [7, 11) is -1.45. The van der Waals surface area contributed by atoms with Gasteiger partial charge in [0.15, 0.2) is 37.2 Å². The summed E-state index contributed by atoms with van der Waals surface area (Å²) in [6, 6.07) is 64.6. The van der Waals surface area contributed by atoms with Crippen LogP contribution in [0.15, 0.2) is 211 Å². The van der Waals surface area contributed by atoms with Crippen LogP contribution in [-0.2, 0) is 142 Å². The Morgan fingerprint density at radius 3 is 1.15 bits per heavy atom. The Balaban J connectivity index is 1.05. The van der Waals surface area contributed by atoms with E-state index in [9.17, 15) is 18.6 Å². The Morgan fingerprint density at radius 1 is 0.365 bits per heavy atom. The highest BCUT2D eigenvalue weighted by Gasteiger charge is 2.57. The zero-order chi connectivity index (χ0) is 67.2. The quantitative estimate of drug-likeness (QED) is 0.0284. The molecule has 0 saturated carbocycles. The van der Waals surface area contributed by atoms with Crippen molar-refractivity contribution in [2.24, 2.45) is 0 Å². The molecule has 10 unspecified atom stereocenters. The Morgan fingerprint density at radius 2 is 0.708 bits per heavy atom. The van der Waals surface area contributed by atoms with Crippen LogP contribution in [0, 0.1) is 0 Å². The van der Waals surface area contributed by atoms with Crippen molar-refractivity contribution in [3.8, 4) is 0 Å². The number of hydrogen-bond acceptors (Lipinski definition) is 19. The highest BCUT2D eigenvalue weighted by atomic mass is 32.2. The Kier molecular flexibility index (Phi) is 27.0. The molecule has 3 fully saturated rings. The van der Waals surface area contributed by atoms with Crippen molar-refractivity contribution in [1.82, 2.24) is 0 Å². The van der Waals surface area contributed by atoms with Crippen molar-refractivity contribution in [2.75, 3.05) is 13.2 Å². The Hall–Kier alpha value is -7.38. The highest BCUT2D eigenvalue weighted by molar-refractivity contribution is 7.85. The first-order chi connectivity index (χ1) is 46.7. The topological polar surface area (TPSA) is 207 Å². The summed E-state index contributed by atoms with van der Waals surface area (Å²) in [5, 5.41) is -0.249. The molecule has 0 N–H and O–H groups in total. The van der Waals surface area contributed by atoms with Gasteiger partial charge in [-0.15, -0.1) is 0 Å². The first kappa shape index (κ1) is 71.4. The maximum absolute atomic E-state index is 13.9. The van der Waals surface area contributed by atoms with Crippen LogP contribution in [0.25, 0.3) is 0 Å². The van der Waals surface area contributed by atoms with E-state index in [4.69, 9.17) is 71.1 Å². The van der Waals surface area contributed by atoms with Gasteiger partial charge in [-0.25, -0.2) is 0 Å². The fourth-order valence-electron chi connectivity index (χ4n) is 11.8. The Bertz CT molecular complexity index is 3480. The van der Waals surface area contributed by atoms with E-state index in [-0.39, 0.29) is 58.1 Å². The summed E-state index contributed by atoms with van der Waals surface area (Å²) < 4.78 is 116. The van der Waals surface area contributed by atoms with Crippen LogP contribution in [0.3, 0.4) is 0 Å². The molecular formula is C76H86O19S. The second-order valence-electron chi connectivity index (χ2n) is 24.0. The minimum Gasteiger partial charge on any atom is -0.454 e. The standard InChI is InChI=1S/C76H86O19S/c1-50(2)96(80)64-40-26-25-39-61(64)47-87-75-73(92-54(6)79)70(95-76-72(91-53(5)78)68(85-45-59-35-21-11-22-36-59)65(51(3)89-76)82-42-56-29-15-8-16-30-56)67(84-44-58-33-19-10-20-34-58)63(94-75)49-88-74-71(90-52(4)77)69(86-46-60-37-23-12-24-38-60)66(83-43-57-31-17-9-18-32-57)62(93-74)48-81-41-55-27-13-7-14-28-55/h7-40,50-51,62-63,65-76H,41-49H2,1-6H3/t51-,62?,63?,65?,66+,67+,68?,69?,70?,71?,72+,73?,74+,75+,76?,96?/m0/s1. The van der Waals surface area contributed by atoms with Gasteiger partial charge in [-0.1, -0.05) is 214 Å². The summed E-state index contributed by atoms with van der Waals surface area (Å²) in [6.07, 6.45) is -18.0. The smallest absolute Gasteiger partial charge is 0.303 e. The molecule has 16 atom stereocenters. The molecule has 510 valence electrons. The third-order valence-corrected chi connectivity index (χ3v) is 18.1. The van der Waals surface area contributed by atoms with E-state index >= 15 is 0 Å². The van der Waals surface area contributed by atoms with Gasteiger partial charge in [-0.05, 0) is 51.9 Å².